The molecule has 30 heavy (non-hydrogen) atoms. The third-order valence-corrected chi connectivity index (χ3v) is 8.78. The summed E-state index contributed by atoms with van der Waals surface area (Å²) in [5.74, 6) is 0.329. The van der Waals surface area contributed by atoms with Crippen LogP contribution < -0.4 is 0 Å². The smallest absolute Gasteiger partial charge is 0.320 e. The Bertz CT molecular complexity index is 1020. The summed E-state index contributed by atoms with van der Waals surface area (Å²) in [4.78, 5) is 23.4. The molecule has 0 aromatic carbocycles. The van der Waals surface area contributed by atoms with Crippen LogP contribution in [0.4, 0.5) is 4.79 Å². The molecule has 0 atom stereocenters. The molecule has 9 nitrogen and oxygen atoms in total. The van der Waals surface area contributed by atoms with Gasteiger partial charge in [-0.1, -0.05) is 0 Å². The van der Waals surface area contributed by atoms with Crippen molar-refractivity contribution >= 4 is 27.1 Å². The van der Waals surface area contributed by atoms with Gasteiger partial charge in [0.1, 0.15) is 10.9 Å². The predicted octanol–water partition coefficient (Wildman–Crippen LogP) is 1.21. The molecule has 0 aliphatic carbocycles. The van der Waals surface area contributed by atoms with Crippen LogP contribution in [0.25, 0.3) is 11.0 Å². The van der Waals surface area contributed by atoms with E-state index in [-0.39, 0.29) is 19.1 Å². The van der Waals surface area contributed by atoms with Crippen molar-refractivity contribution in [2.24, 2.45) is 0 Å². The summed E-state index contributed by atoms with van der Waals surface area (Å²) in [5, 5.41) is 0.631. The van der Waals surface area contributed by atoms with E-state index in [1.54, 1.807) is 20.3 Å². The number of carbonyl (C=O) groups is 1. The van der Waals surface area contributed by atoms with Crippen LogP contribution in [0.3, 0.4) is 0 Å². The van der Waals surface area contributed by atoms with Crippen LogP contribution in [0.15, 0.2) is 24.5 Å². The van der Waals surface area contributed by atoms with Crippen molar-refractivity contribution in [2.75, 3.05) is 52.5 Å². The van der Waals surface area contributed by atoms with Crippen molar-refractivity contribution in [3.63, 3.8) is 0 Å². The Balaban J connectivity index is 1.17. The zero-order chi connectivity index (χ0) is 20.7. The summed E-state index contributed by atoms with van der Waals surface area (Å²) in [6, 6.07) is 3.92. The third-order valence-electron chi connectivity index (χ3n) is 6.56. The number of H-pyrrole nitrogens is 1. The van der Waals surface area contributed by atoms with Gasteiger partial charge in [-0.15, -0.1) is 0 Å². The minimum Gasteiger partial charge on any atom is -0.378 e. The normalized spacial score (nSPS) is 22.4. The Morgan fingerprint density at radius 1 is 1.10 bits per heavy atom. The highest BCUT2D eigenvalue weighted by atomic mass is 32.2. The fourth-order valence-electron chi connectivity index (χ4n) is 4.68. The lowest BCUT2D eigenvalue weighted by Gasteiger charge is -2.44. The summed E-state index contributed by atoms with van der Waals surface area (Å²) < 4.78 is 33.0. The van der Waals surface area contributed by atoms with E-state index in [9.17, 15) is 13.2 Å². The number of pyridine rings is 1. The Morgan fingerprint density at radius 3 is 2.57 bits per heavy atom. The first-order chi connectivity index (χ1) is 14.5. The molecule has 0 saturated carbocycles. The molecule has 3 aliphatic heterocycles. The van der Waals surface area contributed by atoms with Gasteiger partial charge in [-0.2, -0.15) is 0 Å². The summed E-state index contributed by atoms with van der Waals surface area (Å²) in [5.41, 5.74) is 2.10. The van der Waals surface area contributed by atoms with Crippen LogP contribution in [0, 0.1) is 0 Å². The van der Waals surface area contributed by atoms with E-state index >= 15 is 0 Å². The monoisotopic (exact) mass is 433 g/mol. The SMILES string of the molecule is O=C(N1CCOCC1)N1CC(S(=O)(=O)N2CCC(c3c[nH]c4ncccc34)CC2)C1. The first kappa shape index (κ1) is 19.8. The molecular weight excluding hydrogens is 406 g/mol. The number of ether oxygens (including phenoxy) is 1. The van der Waals surface area contributed by atoms with Crippen molar-refractivity contribution < 1.29 is 17.9 Å². The van der Waals surface area contributed by atoms with Crippen LogP contribution >= 0.6 is 0 Å². The van der Waals surface area contributed by atoms with E-state index in [0.717, 1.165) is 23.9 Å². The molecule has 3 aliphatic rings. The minimum atomic E-state index is -3.38. The molecule has 0 spiro atoms. The highest BCUT2D eigenvalue weighted by Gasteiger charge is 2.44. The number of urea groups is 1. The van der Waals surface area contributed by atoms with Gasteiger partial charge in [0, 0.05) is 57.0 Å². The lowest BCUT2D eigenvalue weighted by Crippen LogP contribution is -2.63. The van der Waals surface area contributed by atoms with Crippen LogP contribution in [0.2, 0.25) is 0 Å². The number of aromatic amines is 1. The summed E-state index contributed by atoms with van der Waals surface area (Å²) in [6.07, 6.45) is 5.37. The molecule has 5 rings (SSSR count). The number of hydrogen-bond donors (Lipinski definition) is 1. The topological polar surface area (TPSA) is 98.8 Å². The average Bonchev–Trinajstić information content (AvgIpc) is 3.17. The van der Waals surface area contributed by atoms with Gasteiger partial charge in [0.2, 0.25) is 10.0 Å². The van der Waals surface area contributed by atoms with Crippen molar-refractivity contribution in [1.82, 2.24) is 24.1 Å². The summed E-state index contributed by atoms with van der Waals surface area (Å²) in [6.45, 7) is 3.85. The van der Waals surface area contributed by atoms with Gasteiger partial charge in [0.25, 0.3) is 0 Å². The van der Waals surface area contributed by atoms with E-state index in [0.29, 0.717) is 45.3 Å². The van der Waals surface area contributed by atoms with Gasteiger partial charge in [-0.05, 0) is 36.5 Å². The summed E-state index contributed by atoms with van der Waals surface area (Å²) in [7, 11) is -3.38. The van der Waals surface area contributed by atoms with Gasteiger partial charge in [0.05, 0.1) is 13.2 Å². The van der Waals surface area contributed by atoms with E-state index in [4.69, 9.17) is 4.74 Å². The number of nitrogens with one attached hydrogen (secondary N) is 1. The fourth-order valence-corrected chi connectivity index (χ4v) is 6.56. The molecule has 3 fully saturated rings. The number of likely N-dealkylation sites (tertiary alicyclic amines) is 1. The number of fused-ring (bicyclic) bond motifs is 1. The zero-order valence-corrected chi connectivity index (χ0v) is 17.7. The van der Waals surface area contributed by atoms with Crippen molar-refractivity contribution in [3.8, 4) is 0 Å². The molecule has 2 aromatic heterocycles. The molecule has 2 amide bonds. The van der Waals surface area contributed by atoms with Gasteiger partial charge in [-0.3, -0.25) is 0 Å². The molecule has 1 N–H and O–H groups in total. The maximum absolute atomic E-state index is 13.1. The molecule has 5 heterocycles. The largest absolute Gasteiger partial charge is 0.378 e. The quantitative estimate of drug-likeness (QED) is 0.785. The molecule has 0 bridgehead atoms. The molecule has 3 saturated heterocycles. The van der Waals surface area contributed by atoms with Gasteiger partial charge < -0.3 is 19.5 Å². The second-order valence-electron chi connectivity index (χ2n) is 8.27. The van der Waals surface area contributed by atoms with Gasteiger partial charge >= 0.3 is 6.03 Å². The Hall–Kier alpha value is -2.17. The fraction of sp³-hybridized carbons (Fsp3) is 0.600. The summed E-state index contributed by atoms with van der Waals surface area (Å²) >= 11 is 0. The molecule has 2 aromatic rings. The minimum absolute atomic E-state index is 0.0728. The number of sulfonamides is 1. The first-order valence-corrected chi connectivity index (χ1v) is 12.1. The highest BCUT2D eigenvalue weighted by Crippen LogP contribution is 2.34. The Labute approximate surface area is 176 Å². The number of carbonyl (C=O) groups excluding carboxylic acids is 1. The second kappa shape index (κ2) is 7.82. The van der Waals surface area contributed by atoms with Gasteiger partial charge in [0.15, 0.2) is 0 Å². The predicted molar refractivity (Wildman–Crippen MR) is 112 cm³/mol. The van der Waals surface area contributed by atoms with Crippen molar-refractivity contribution in [3.05, 3.63) is 30.1 Å². The molecule has 10 heteroatoms. The van der Waals surface area contributed by atoms with Gasteiger partial charge in [-0.25, -0.2) is 22.5 Å². The second-order valence-corrected chi connectivity index (χ2v) is 10.5. The number of nitrogens with zero attached hydrogens (tertiary/aromatic N) is 4. The number of aromatic nitrogens is 2. The van der Waals surface area contributed by atoms with Crippen LogP contribution in [-0.2, 0) is 14.8 Å². The van der Waals surface area contributed by atoms with Crippen LogP contribution in [0.5, 0.6) is 0 Å². The molecule has 0 radical (unpaired) electrons. The number of piperidine rings is 1. The van der Waals surface area contributed by atoms with E-state index in [1.807, 2.05) is 12.3 Å². The van der Waals surface area contributed by atoms with E-state index < -0.39 is 15.3 Å². The van der Waals surface area contributed by atoms with Crippen LogP contribution in [-0.4, -0.2) is 96.3 Å². The molecule has 162 valence electrons. The number of rotatable bonds is 3. The van der Waals surface area contributed by atoms with Crippen molar-refractivity contribution in [2.45, 2.75) is 24.0 Å². The third kappa shape index (κ3) is 3.46. The van der Waals surface area contributed by atoms with Crippen LogP contribution in [0.1, 0.15) is 24.3 Å². The Kier molecular flexibility index (Phi) is 5.16. The molecular formula is C20H27N5O4S. The average molecular weight is 434 g/mol. The number of hydrogen-bond acceptors (Lipinski definition) is 5. The highest BCUT2D eigenvalue weighted by molar-refractivity contribution is 7.89. The van der Waals surface area contributed by atoms with E-state index in [1.165, 1.54) is 5.56 Å². The lowest BCUT2D eigenvalue weighted by atomic mass is 9.90. The lowest BCUT2D eigenvalue weighted by molar-refractivity contribution is 0.0378. The maximum Gasteiger partial charge on any atom is 0.320 e. The standard InChI is InChI=1S/C20H27N5O4S/c26-20(23-8-10-29-11-9-23)24-13-16(14-24)30(27,28)25-6-3-15(4-7-25)18-12-22-19-17(18)2-1-5-21-19/h1-2,5,12,15-16H,3-4,6-11,13-14H2,(H,21,22). The molecule has 0 unspecified atom stereocenters. The number of amides is 2. The van der Waals surface area contributed by atoms with Crippen molar-refractivity contribution in [1.29, 1.82) is 0 Å². The maximum atomic E-state index is 13.1. The Morgan fingerprint density at radius 2 is 1.83 bits per heavy atom. The first-order valence-electron chi connectivity index (χ1n) is 10.6. The number of morpholine rings is 1. The van der Waals surface area contributed by atoms with E-state index in [2.05, 4.69) is 16.0 Å². The zero-order valence-electron chi connectivity index (χ0n) is 16.9.